The average Bonchev–Trinajstić information content (AvgIpc) is 3.03. The summed E-state index contributed by atoms with van der Waals surface area (Å²) in [6.45, 7) is 0. The molecule has 5 nitrogen and oxygen atoms in total. The van der Waals surface area contributed by atoms with Gasteiger partial charge in [0, 0.05) is 11.8 Å². The zero-order valence-corrected chi connectivity index (χ0v) is 9.43. The minimum absolute atomic E-state index is 0.00704. The van der Waals surface area contributed by atoms with Crippen LogP contribution in [0.5, 0.6) is 0 Å². The molecule has 96 valence electrons. The molecule has 1 aromatic carbocycles. The lowest BCUT2D eigenvalue weighted by Crippen LogP contribution is -1.94. The van der Waals surface area contributed by atoms with E-state index >= 15 is 0 Å². The van der Waals surface area contributed by atoms with Crippen LogP contribution in [0.4, 0.5) is 14.5 Å². The van der Waals surface area contributed by atoms with Crippen molar-refractivity contribution < 1.29 is 17.7 Å². The van der Waals surface area contributed by atoms with Crippen molar-refractivity contribution in [2.24, 2.45) is 0 Å². The molecule has 0 saturated heterocycles. The molecule has 0 fully saturated rings. The zero-order chi connectivity index (χ0) is 13.4. The number of nitrogens with zero attached hydrogens (tertiary/aromatic N) is 2. The summed E-state index contributed by atoms with van der Waals surface area (Å²) in [5, 5.41) is 3.71. The summed E-state index contributed by atoms with van der Waals surface area (Å²) in [6.07, 6.45) is 2.89. The van der Waals surface area contributed by atoms with Gasteiger partial charge in [0.2, 0.25) is 5.82 Å². The van der Waals surface area contributed by atoms with Crippen molar-refractivity contribution in [2.45, 2.75) is 0 Å². The van der Waals surface area contributed by atoms with Crippen LogP contribution in [-0.2, 0) is 0 Å². The third-order valence-electron chi connectivity index (χ3n) is 2.53. The van der Waals surface area contributed by atoms with Gasteiger partial charge in [-0.25, -0.2) is 8.78 Å². The lowest BCUT2D eigenvalue weighted by atomic mass is 10.1. The van der Waals surface area contributed by atoms with E-state index in [4.69, 9.17) is 14.7 Å². The Morgan fingerprint density at radius 1 is 1.16 bits per heavy atom. The first-order valence-corrected chi connectivity index (χ1v) is 5.26. The molecule has 2 N–H and O–H groups in total. The summed E-state index contributed by atoms with van der Waals surface area (Å²) >= 11 is 0. The summed E-state index contributed by atoms with van der Waals surface area (Å²) < 4.78 is 36.0. The van der Waals surface area contributed by atoms with Gasteiger partial charge in [-0.3, -0.25) is 0 Å². The van der Waals surface area contributed by atoms with E-state index in [9.17, 15) is 8.78 Å². The highest BCUT2D eigenvalue weighted by atomic mass is 19.2. The van der Waals surface area contributed by atoms with E-state index in [0.29, 0.717) is 5.56 Å². The predicted molar refractivity (Wildman–Crippen MR) is 61.8 cm³/mol. The second-order valence-corrected chi connectivity index (χ2v) is 3.79. The molecule has 7 heteroatoms. The maximum absolute atomic E-state index is 13.2. The molecular weight excluding hydrogens is 256 g/mol. The second kappa shape index (κ2) is 4.20. The number of nitrogen functional groups attached to an aromatic ring is 1. The van der Waals surface area contributed by atoms with Crippen molar-refractivity contribution in [3.63, 3.8) is 0 Å². The Morgan fingerprint density at radius 2 is 1.95 bits per heavy atom. The standard InChI is InChI=1S/C12H7F2N3O2/c13-8-3-7(10(15)4-9(8)14)12-16-11(17-19-12)6-1-2-18-5-6/h1-5H,15H2. The van der Waals surface area contributed by atoms with Gasteiger partial charge in [0.25, 0.3) is 5.89 Å². The quantitative estimate of drug-likeness (QED) is 0.719. The fourth-order valence-electron chi connectivity index (χ4n) is 1.59. The van der Waals surface area contributed by atoms with E-state index in [-0.39, 0.29) is 23.0 Å². The number of anilines is 1. The molecule has 3 aromatic rings. The third kappa shape index (κ3) is 1.95. The Labute approximate surface area is 105 Å². The Hall–Kier alpha value is -2.70. The number of benzene rings is 1. The summed E-state index contributed by atoms with van der Waals surface area (Å²) in [5.74, 6) is -1.79. The van der Waals surface area contributed by atoms with Crippen LogP contribution in [-0.4, -0.2) is 10.1 Å². The van der Waals surface area contributed by atoms with E-state index in [1.165, 1.54) is 12.5 Å². The van der Waals surface area contributed by atoms with Crippen molar-refractivity contribution in [3.05, 3.63) is 42.4 Å². The molecule has 19 heavy (non-hydrogen) atoms. The number of hydrogen-bond acceptors (Lipinski definition) is 5. The van der Waals surface area contributed by atoms with Crippen LogP contribution < -0.4 is 5.73 Å². The number of rotatable bonds is 2. The molecule has 0 amide bonds. The van der Waals surface area contributed by atoms with E-state index in [0.717, 1.165) is 12.1 Å². The maximum atomic E-state index is 13.2. The first kappa shape index (κ1) is 11.4. The minimum Gasteiger partial charge on any atom is -0.472 e. The van der Waals surface area contributed by atoms with Crippen LogP contribution in [0.3, 0.4) is 0 Å². The lowest BCUT2D eigenvalue weighted by Gasteiger charge is -2.01. The summed E-state index contributed by atoms with van der Waals surface area (Å²) in [6, 6.07) is 3.42. The number of nitrogens with two attached hydrogens (primary N) is 1. The van der Waals surface area contributed by atoms with Gasteiger partial charge in [0.15, 0.2) is 11.6 Å². The van der Waals surface area contributed by atoms with Crippen LogP contribution in [0, 0.1) is 11.6 Å². The number of halogens is 2. The van der Waals surface area contributed by atoms with Crippen LogP contribution in [0.1, 0.15) is 0 Å². The molecule has 0 atom stereocenters. The molecular formula is C12H7F2N3O2. The molecule has 0 aliphatic heterocycles. The first-order valence-electron chi connectivity index (χ1n) is 5.26. The SMILES string of the molecule is Nc1cc(F)c(F)cc1-c1nc(-c2ccoc2)no1. The Bertz CT molecular complexity index is 723. The molecule has 2 heterocycles. The van der Waals surface area contributed by atoms with Gasteiger partial charge in [-0.05, 0) is 12.1 Å². The molecule has 0 aliphatic rings. The van der Waals surface area contributed by atoms with Gasteiger partial charge < -0.3 is 14.7 Å². The molecule has 0 aliphatic carbocycles. The topological polar surface area (TPSA) is 78.1 Å². The molecule has 2 aromatic heterocycles. The highest BCUT2D eigenvalue weighted by Crippen LogP contribution is 2.28. The molecule has 0 unspecified atom stereocenters. The highest BCUT2D eigenvalue weighted by Gasteiger charge is 2.16. The molecule has 3 rings (SSSR count). The first-order chi connectivity index (χ1) is 9.15. The molecule has 0 saturated carbocycles. The predicted octanol–water partition coefficient (Wildman–Crippen LogP) is 2.86. The van der Waals surface area contributed by atoms with Gasteiger partial charge in [-0.2, -0.15) is 4.98 Å². The number of aromatic nitrogens is 2. The van der Waals surface area contributed by atoms with E-state index in [1.807, 2.05) is 0 Å². The van der Waals surface area contributed by atoms with E-state index in [2.05, 4.69) is 10.1 Å². The van der Waals surface area contributed by atoms with Crippen LogP contribution in [0.2, 0.25) is 0 Å². The minimum atomic E-state index is -1.03. The maximum Gasteiger partial charge on any atom is 0.260 e. The molecule has 0 bridgehead atoms. The third-order valence-corrected chi connectivity index (χ3v) is 2.53. The normalized spacial score (nSPS) is 10.8. The van der Waals surface area contributed by atoms with Gasteiger partial charge in [-0.15, -0.1) is 0 Å². The Morgan fingerprint density at radius 3 is 2.68 bits per heavy atom. The van der Waals surface area contributed by atoms with Crippen molar-refractivity contribution in [1.29, 1.82) is 0 Å². The highest BCUT2D eigenvalue weighted by molar-refractivity contribution is 5.71. The average molecular weight is 263 g/mol. The van der Waals surface area contributed by atoms with Crippen molar-refractivity contribution in [3.8, 4) is 22.8 Å². The van der Waals surface area contributed by atoms with Crippen LogP contribution in [0.25, 0.3) is 22.8 Å². The lowest BCUT2D eigenvalue weighted by molar-refractivity contribution is 0.431. The zero-order valence-electron chi connectivity index (χ0n) is 9.43. The largest absolute Gasteiger partial charge is 0.472 e. The van der Waals surface area contributed by atoms with Gasteiger partial charge in [0.1, 0.15) is 6.26 Å². The fourth-order valence-corrected chi connectivity index (χ4v) is 1.59. The molecule has 0 radical (unpaired) electrons. The number of furan rings is 1. The summed E-state index contributed by atoms with van der Waals surface area (Å²) in [7, 11) is 0. The fraction of sp³-hybridized carbons (Fsp3) is 0. The number of hydrogen-bond donors (Lipinski definition) is 1. The Balaban J connectivity index is 2.06. The summed E-state index contributed by atoms with van der Waals surface area (Å²) in [5.41, 5.74) is 6.36. The van der Waals surface area contributed by atoms with Crippen molar-refractivity contribution in [1.82, 2.24) is 10.1 Å². The van der Waals surface area contributed by atoms with Crippen molar-refractivity contribution >= 4 is 5.69 Å². The van der Waals surface area contributed by atoms with Gasteiger partial charge in [0.05, 0.1) is 17.4 Å². The summed E-state index contributed by atoms with van der Waals surface area (Å²) in [4.78, 5) is 4.05. The molecule has 0 spiro atoms. The Kier molecular flexibility index (Phi) is 2.52. The van der Waals surface area contributed by atoms with Crippen LogP contribution in [0.15, 0.2) is 39.7 Å². The monoisotopic (exact) mass is 263 g/mol. The van der Waals surface area contributed by atoms with E-state index < -0.39 is 11.6 Å². The van der Waals surface area contributed by atoms with Gasteiger partial charge in [-0.1, -0.05) is 5.16 Å². The second-order valence-electron chi connectivity index (χ2n) is 3.79. The van der Waals surface area contributed by atoms with Crippen LogP contribution >= 0.6 is 0 Å². The smallest absolute Gasteiger partial charge is 0.260 e. The van der Waals surface area contributed by atoms with Crippen molar-refractivity contribution in [2.75, 3.05) is 5.73 Å². The van der Waals surface area contributed by atoms with E-state index in [1.54, 1.807) is 6.07 Å². The van der Waals surface area contributed by atoms with Gasteiger partial charge >= 0.3 is 0 Å².